The maximum atomic E-state index is 11.3. The number of aromatic amines is 1. The van der Waals surface area contributed by atoms with E-state index in [1.807, 2.05) is 24.3 Å². The summed E-state index contributed by atoms with van der Waals surface area (Å²) in [6.45, 7) is 6.18. The molecule has 0 atom stereocenters. The standard InChI is InChI=1S/C26H31NO5/c1-18(2)26(28)32-14-10-6-5-9-13-31-25-23(29-3)16-20(17-24(25)30-4)22-15-19-11-7-8-12-21(19)27-22/h7-8,11-12,15-17,27H,1,5-6,9-10,13-14H2,2-4H3. The Hall–Kier alpha value is -3.41. The predicted molar refractivity (Wildman–Crippen MR) is 127 cm³/mol. The molecule has 0 aliphatic rings. The van der Waals surface area contributed by atoms with Crippen LogP contribution in [0.5, 0.6) is 17.2 Å². The number of carbonyl (C=O) groups is 1. The van der Waals surface area contributed by atoms with Crippen molar-refractivity contribution in [1.29, 1.82) is 0 Å². The van der Waals surface area contributed by atoms with Gasteiger partial charge in [0.15, 0.2) is 11.5 Å². The zero-order valence-corrected chi connectivity index (χ0v) is 19.0. The van der Waals surface area contributed by atoms with Crippen LogP contribution in [0, 0.1) is 0 Å². The van der Waals surface area contributed by atoms with E-state index < -0.39 is 0 Å². The highest BCUT2D eigenvalue weighted by atomic mass is 16.5. The molecule has 2 aromatic carbocycles. The van der Waals surface area contributed by atoms with Crippen LogP contribution in [0.25, 0.3) is 22.2 Å². The molecule has 0 unspecified atom stereocenters. The molecule has 0 radical (unpaired) electrons. The van der Waals surface area contributed by atoms with Crippen LogP contribution in [0.15, 0.2) is 54.6 Å². The maximum absolute atomic E-state index is 11.3. The van der Waals surface area contributed by atoms with Gasteiger partial charge in [-0.1, -0.05) is 24.8 Å². The summed E-state index contributed by atoms with van der Waals surface area (Å²) in [5, 5.41) is 1.15. The molecular formula is C26H31NO5. The predicted octanol–water partition coefficient (Wildman–Crippen LogP) is 5.91. The van der Waals surface area contributed by atoms with Gasteiger partial charge in [0.05, 0.1) is 27.4 Å². The Kier molecular flexibility index (Phi) is 8.20. The number of hydrogen-bond acceptors (Lipinski definition) is 5. The first-order valence-electron chi connectivity index (χ1n) is 10.8. The van der Waals surface area contributed by atoms with Crippen LogP contribution >= 0.6 is 0 Å². The number of esters is 1. The van der Waals surface area contributed by atoms with Crippen molar-refractivity contribution < 1.29 is 23.7 Å². The number of hydrogen-bond donors (Lipinski definition) is 1. The molecule has 6 nitrogen and oxygen atoms in total. The first kappa shape index (κ1) is 23.3. The van der Waals surface area contributed by atoms with Crippen molar-refractivity contribution in [3.63, 3.8) is 0 Å². The van der Waals surface area contributed by atoms with E-state index in [4.69, 9.17) is 18.9 Å². The number of H-pyrrole nitrogens is 1. The fourth-order valence-electron chi connectivity index (χ4n) is 3.43. The highest BCUT2D eigenvalue weighted by molar-refractivity contribution is 5.87. The normalized spacial score (nSPS) is 10.7. The number of ether oxygens (including phenoxy) is 4. The summed E-state index contributed by atoms with van der Waals surface area (Å²) in [5.74, 6) is 1.53. The molecule has 0 spiro atoms. The van der Waals surface area contributed by atoms with Crippen molar-refractivity contribution in [2.24, 2.45) is 0 Å². The van der Waals surface area contributed by atoms with Crippen molar-refractivity contribution in [2.45, 2.75) is 32.6 Å². The molecule has 0 aliphatic heterocycles. The molecular weight excluding hydrogens is 406 g/mol. The second-order valence-electron chi connectivity index (χ2n) is 7.66. The van der Waals surface area contributed by atoms with Crippen LogP contribution in [-0.2, 0) is 9.53 Å². The van der Waals surface area contributed by atoms with E-state index in [9.17, 15) is 4.79 Å². The highest BCUT2D eigenvalue weighted by Crippen LogP contribution is 2.41. The Morgan fingerprint density at radius 3 is 2.22 bits per heavy atom. The van der Waals surface area contributed by atoms with E-state index in [1.165, 1.54) is 0 Å². The van der Waals surface area contributed by atoms with E-state index in [-0.39, 0.29) is 5.97 Å². The Morgan fingerprint density at radius 1 is 0.938 bits per heavy atom. The number of methoxy groups -OCH3 is 2. The van der Waals surface area contributed by atoms with E-state index in [0.717, 1.165) is 47.8 Å². The van der Waals surface area contributed by atoms with E-state index in [0.29, 0.717) is 36.0 Å². The van der Waals surface area contributed by atoms with Crippen molar-refractivity contribution in [1.82, 2.24) is 4.98 Å². The Morgan fingerprint density at radius 2 is 1.59 bits per heavy atom. The van der Waals surface area contributed by atoms with Crippen molar-refractivity contribution in [3.8, 4) is 28.5 Å². The zero-order chi connectivity index (χ0) is 22.9. The summed E-state index contributed by atoms with van der Waals surface area (Å²) in [7, 11) is 3.26. The van der Waals surface area contributed by atoms with Crippen LogP contribution in [-0.4, -0.2) is 38.4 Å². The fourth-order valence-corrected chi connectivity index (χ4v) is 3.43. The summed E-state index contributed by atoms with van der Waals surface area (Å²) in [6.07, 6.45) is 3.64. The second-order valence-corrected chi connectivity index (χ2v) is 7.66. The van der Waals surface area contributed by atoms with Gasteiger partial charge in [0.25, 0.3) is 0 Å². The van der Waals surface area contributed by atoms with E-state index in [2.05, 4.69) is 29.8 Å². The third-order valence-electron chi connectivity index (χ3n) is 5.17. The van der Waals surface area contributed by atoms with E-state index >= 15 is 0 Å². The third-order valence-corrected chi connectivity index (χ3v) is 5.17. The minimum Gasteiger partial charge on any atom is -0.493 e. The van der Waals surface area contributed by atoms with Gasteiger partial charge in [-0.05, 0) is 56.9 Å². The van der Waals surface area contributed by atoms with Crippen LogP contribution in [0.1, 0.15) is 32.6 Å². The number of fused-ring (bicyclic) bond motifs is 1. The number of unbranched alkanes of at least 4 members (excludes halogenated alkanes) is 3. The van der Waals surface area contributed by atoms with Gasteiger partial charge in [-0.2, -0.15) is 0 Å². The third kappa shape index (κ3) is 5.84. The Bertz CT molecular complexity index is 1010. The average Bonchev–Trinajstić information content (AvgIpc) is 3.24. The maximum Gasteiger partial charge on any atom is 0.333 e. The van der Waals surface area contributed by atoms with E-state index in [1.54, 1.807) is 21.1 Å². The number of benzene rings is 2. The fraction of sp³-hybridized carbons (Fsp3) is 0.346. The number of aromatic nitrogens is 1. The van der Waals surface area contributed by atoms with Gasteiger partial charge >= 0.3 is 5.97 Å². The minimum atomic E-state index is -0.330. The average molecular weight is 438 g/mol. The number of nitrogens with one attached hydrogen (secondary N) is 1. The molecule has 3 aromatic rings. The molecule has 0 saturated heterocycles. The molecule has 1 heterocycles. The van der Waals surface area contributed by atoms with Gasteiger partial charge in [-0.15, -0.1) is 0 Å². The molecule has 3 rings (SSSR count). The first-order valence-corrected chi connectivity index (χ1v) is 10.8. The molecule has 0 bridgehead atoms. The summed E-state index contributed by atoms with van der Waals surface area (Å²) in [5.41, 5.74) is 3.46. The van der Waals surface area contributed by atoms with Crippen molar-refractivity contribution in [3.05, 3.63) is 54.6 Å². The smallest absolute Gasteiger partial charge is 0.333 e. The van der Waals surface area contributed by atoms with Gasteiger partial charge in [-0.25, -0.2) is 4.79 Å². The zero-order valence-electron chi connectivity index (χ0n) is 19.0. The lowest BCUT2D eigenvalue weighted by atomic mass is 10.1. The lowest BCUT2D eigenvalue weighted by Crippen LogP contribution is -2.06. The van der Waals surface area contributed by atoms with Gasteiger partial charge in [-0.3, -0.25) is 0 Å². The molecule has 0 fully saturated rings. The van der Waals surface area contributed by atoms with Crippen LogP contribution in [0.2, 0.25) is 0 Å². The van der Waals surface area contributed by atoms with Gasteiger partial charge in [0, 0.05) is 27.7 Å². The van der Waals surface area contributed by atoms with Gasteiger partial charge in [0.1, 0.15) is 0 Å². The topological polar surface area (TPSA) is 69.8 Å². The lowest BCUT2D eigenvalue weighted by Gasteiger charge is -2.16. The Labute approximate surface area is 189 Å². The molecule has 1 aromatic heterocycles. The number of rotatable bonds is 12. The molecule has 0 amide bonds. The first-order chi connectivity index (χ1) is 15.5. The summed E-state index contributed by atoms with van der Waals surface area (Å²) in [4.78, 5) is 14.8. The van der Waals surface area contributed by atoms with Crippen molar-refractivity contribution in [2.75, 3.05) is 27.4 Å². The monoisotopic (exact) mass is 437 g/mol. The number of carbonyl (C=O) groups excluding carboxylic acids is 1. The van der Waals surface area contributed by atoms with Crippen LogP contribution in [0.3, 0.4) is 0 Å². The molecule has 0 aliphatic carbocycles. The largest absolute Gasteiger partial charge is 0.493 e. The van der Waals surface area contributed by atoms with Crippen molar-refractivity contribution >= 4 is 16.9 Å². The van der Waals surface area contributed by atoms with Gasteiger partial charge < -0.3 is 23.9 Å². The number of para-hydroxylation sites is 1. The second kappa shape index (κ2) is 11.3. The summed E-state index contributed by atoms with van der Waals surface area (Å²) in [6, 6.07) is 14.2. The quantitative estimate of drug-likeness (QED) is 0.217. The SMILES string of the molecule is C=C(C)C(=O)OCCCCCCOc1c(OC)cc(-c2cc3ccccc3[nH]2)cc1OC. The molecule has 0 saturated carbocycles. The minimum absolute atomic E-state index is 0.330. The molecule has 1 N–H and O–H groups in total. The summed E-state index contributed by atoms with van der Waals surface area (Å²) >= 11 is 0. The van der Waals surface area contributed by atoms with Crippen LogP contribution < -0.4 is 14.2 Å². The summed E-state index contributed by atoms with van der Waals surface area (Å²) < 4.78 is 22.3. The molecule has 170 valence electrons. The highest BCUT2D eigenvalue weighted by Gasteiger charge is 2.16. The lowest BCUT2D eigenvalue weighted by molar-refractivity contribution is -0.139. The van der Waals surface area contributed by atoms with Crippen LogP contribution in [0.4, 0.5) is 0 Å². The molecule has 6 heteroatoms. The van der Waals surface area contributed by atoms with Gasteiger partial charge in [0.2, 0.25) is 5.75 Å². The Balaban J connectivity index is 1.57. The molecule has 32 heavy (non-hydrogen) atoms.